The molecule has 0 aliphatic rings. The third-order valence-corrected chi connectivity index (χ3v) is 3.52. The summed E-state index contributed by atoms with van der Waals surface area (Å²) in [6.45, 7) is 0. The number of halogens is 2. The van der Waals surface area contributed by atoms with E-state index in [4.69, 9.17) is 23.2 Å². The van der Waals surface area contributed by atoms with E-state index in [2.05, 4.69) is 4.74 Å². The van der Waals surface area contributed by atoms with Crippen LogP contribution >= 0.6 is 23.2 Å². The maximum absolute atomic E-state index is 12.1. The lowest BCUT2D eigenvalue weighted by Crippen LogP contribution is -2.00. The van der Waals surface area contributed by atoms with Gasteiger partial charge in [0.05, 0.1) is 17.7 Å². The van der Waals surface area contributed by atoms with Gasteiger partial charge in [-0.05, 0) is 42.0 Å². The number of carbonyl (C=O) groups excluding carboxylic acids is 2. The number of methoxy groups -OCH3 is 1. The quantitative estimate of drug-likeness (QED) is 0.463. The summed E-state index contributed by atoms with van der Waals surface area (Å²) in [6.07, 6.45) is 3.05. The molecule has 0 fully saturated rings. The maximum atomic E-state index is 12.1. The second kappa shape index (κ2) is 7.25. The van der Waals surface area contributed by atoms with Crippen LogP contribution in [0.3, 0.4) is 0 Å². The Labute approximate surface area is 138 Å². The predicted molar refractivity (Wildman–Crippen MR) is 87.6 cm³/mol. The minimum Gasteiger partial charge on any atom is -0.465 e. The molecule has 3 nitrogen and oxygen atoms in total. The van der Waals surface area contributed by atoms with Crippen molar-refractivity contribution in [3.8, 4) is 0 Å². The molecular weight excluding hydrogens is 323 g/mol. The summed E-state index contributed by atoms with van der Waals surface area (Å²) in [4.78, 5) is 23.4. The predicted octanol–water partition coefficient (Wildman–Crippen LogP) is 4.68. The summed E-state index contributed by atoms with van der Waals surface area (Å²) in [5.74, 6) is -0.651. The first-order chi connectivity index (χ1) is 10.5. The zero-order chi connectivity index (χ0) is 16.1. The van der Waals surface area contributed by atoms with Gasteiger partial charge in [-0.1, -0.05) is 41.4 Å². The Kier molecular flexibility index (Phi) is 5.36. The van der Waals surface area contributed by atoms with Crippen LogP contribution in [-0.2, 0) is 4.74 Å². The van der Waals surface area contributed by atoms with E-state index in [1.54, 1.807) is 42.5 Å². The molecule has 0 spiro atoms. The number of benzene rings is 2. The van der Waals surface area contributed by atoms with Crippen LogP contribution in [0.15, 0.2) is 48.5 Å². The van der Waals surface area contributed by atoms with Crippen LogP contribution in [0.4, 0.5) is 0 Å². The molecule has 0 radical (unpaired) electrons. The van der Waals surface area contributed by atoms with Gasteiger partial charge < -0.3 is 4.74 Å². The topological polar surface area (TPSA) is 43.4 Å². The van der Waals surface area contributed by atoms with Gasteiger partial charge in [-0.2, -0.15) is 0 Å². The molecule has 112 valence electrons. The lowest BCUT2D eigenvalue weighted by atomic mass is 10.1. The summed E-state index contributed by atoms with van der Waals surface area (Å²) in [7, 11) is 1.32. The Bertz CT molecular complexity index is 734. The Hall–Kier alpha value is -2.10. The molecule has 0 aromatic heterocycles. The second-order valence-corrected chi connectivity index (χ2v) is 5.28. The molecule has 0 unspecified atom stereocenters. The first-order valence-electron chi connectivity index (χ1n) is 6.37. The van der Waals surface area contributed by atoms with Gasteiger partial charge in [0.15, 0.2) is 5.78 Å². The van der Waals surface area contributed by atoms with Gasteiger partial charge in [-0.15, -0.1) is 0 Å². The van der Waals surface area contributed by atoms with Crippen molar-refractivity contribution in [3.05, 3.63) is 75.3 Å². The molecule has 0 N–H and O–H groups in total. The fourth-order valence-corrected chi connectivity index (χ4v) is 2.18. The molecule has 2 aromatic rings. The SMILES string of the molecule is COC(=O)c1ccc(C=CC(=O)c2cc(Cl)ccc2Cl)cc1. The van der Waals surface area contributed by atoms with E-state index >= 15 is 0 Å². The van der Waals surface area contributed by atoms with Gasteiger partial charge in [0.1, 0.15) is 0 Å². The number of esters is 1. The normalized spacial score (nSPS) is 10.7. The summed E-state index contributed by atoms with van der Waals surface area (Å²) in [5.41, 5.74) is 1.57. The Morgan fingerprint density at radius 3 is 2.36 bits per heavy atom. The molecule has 2 aromatic carbocycles. The van der Waals surface area contributed by atoms with Crippen molar-refractivity contribution in [3.63, 3.8) is 0 Å². The van der Waals surface area contributed by atoms with Gasteiger partial charge in [-0.3, -0.25) is 4.79 Å². The van der Waals surface area contributed by atoms with E-state index in [0.717, 1.165) is 5.56 Å². The van der Waals surface area contributed by atoms with Gasteiger partial charge in [0.2, 0.25) is 0 Å². The van der Waals surface area contributed by atoms with Gasteiger partial charge in [0, 0.05) is 10.6 Å². The molecule has 0 aliphatic carbocycles. The Morgan fingerprint density at radius 1 is 1.05 bits per heavy atom. The van der Waals surface area contributed by atoms with E-state index in [-0.39, 0.29) is 5.78 Å². The lowest BCUT2D eigenvalue weighted by Gasteiger charge is -2.01. The van der Waals surface area contributed by atoms with Gasteiger partial charge >= 0.3 is 5.97 Å². The number of ketones is 1. The summed E-state index contributed by atoms with van der Waals surface area (Å²) in [5, 5.41) is 0.795. The molecule has 0 saturated heterocycles. The smallest absolute Gasteiger partial charge is 0.337 e. The molecule has 0 aliphatic heterocycles. The minimum atomic E-state index is -0.405. The van der Waals surface area contributed by atoms with Crippen molar-refractivity contribution in [2.45, 2.75) is 0 Å². The number of allylic oxidation sites excluding steroid dienone is 1. The molecule has 22 heavy (non-hydrogen) atoms. The van der Waals surface area contributed by atoms with Crippen molar-refractivity contribution in [1.82, 2.24) is 0 Å². The number of rotatable bonds is 4. The molecule has 0 atom stereocenters. The molecular formula is C17H12Cl2O3. The number of hydrogen-bond acceptors (Lipinski definition) is 3. The summed E-state index contributed by atoms with van der Waals surface area (Å²) >= 11 is 11.8. The fraction of sp³-hybridized carbons (Fsp3) is 0.0588. The number of ether oxygens (including phenoxy) is 1. The molecule has 0 amide bonds. The van der Waals surface area contributed by atoms with Crippen LogP contribution in [0.1, 0.15) is 26.3 Å². The van der Waals surface area contributed by atoms with E-state index in [9.17, 15) is 9.59 Å². The van der Waals surface area contributed by atoms with E-state index in [1.807, 2.05) is 0 Å². The van der Waals surface area contributed by atoms with Gasteiger partial charge in [0.25, 0.3) is 0 Å². The van der Waals surface area contributed by atoms with Crippen LogP contribution in [0.5, 0.6) is 0 Å². The minimum absolute atomic E-state index is 0.246. The van der Waals surface area contributed by atoms with Crippen molar-refractivity contribution in [1.29, 1.82) is 0 Å². The highest BCUT2D eigenvalue weighted by Gasteiger charge is 2.08. The largest absolute Gasteiger partial charge is 0.465 e. The highest BCUT2D eigenvalue weighted by Crippen LogP contribution is 2.21. The summed E-state index contributed by atoms with van der Waals surface area (Å²) in [6, 6.07) is 11.4. The standard InChI is InChI=1S/C17H12Cl2O3/c1-22-17(21)12-5-2-11(3-6-12)4-9-16(20)14-10-13(18)7-8-15(14)19/h2-10H,1H3. The van der Waals surface area contributed by atoms with E-state index in [1.165, 1.54) is 19.3 Å². The molecule has 0 heterocycles. The van der Waals surface area contributed by atoms with Crippen molar-refractivity contribution in [2.24, 2.45) is 0 Å². The van der Waals surface area contributed by atoms with Crippen LogP contribution in [0, 0.1) is 0 Å². The van der Waals surface area contributed by atoms with Crippen LogP contribution in [-0.4, -0.2) is 18.9 Å². The first kappa shape index (κ1) is 16.3. The third kappa shape index (κ3) is 3.97. The lowest BCUT2D eigenvalue weighted by molar-refractivity contribution is 0.0600. The van der Waals surface area contributed by atoms with Gasteiger partial charge in [-0.25, -0.2) is 4.79 Å². The van der Waals surface area contributed by atoms with Crippen LogP contribution in [0.2, 0.25) is 10.0 Å². The van der Waals surface area contributed by atoms with E-state index < -0.39 is 5.97 Å². The highest BCUT2D eigenvalue weighted by atomic mass is 35.5. The maximum Gasteiger partial charge on any atom is 0.337 e. The Morgan fingerprint density at radius 2 is 1.73 bits per heavy atom. The molecule has 0 bridgehead atoms. The van der Waals surface area contributed by atoms with Crippen molar-refractivity contribution >= 4 is 41.0 Å². The fourth-order valence-electron chi connectivity index (χ4n) is 1.80. The highest BCUT2D eigenvalue weighted by molar-refractivity contribution is 6.36. The van der Waals surface area contributed by atoms with Crippen LogP contribution < -0.4 is 0 Å². The van der Waals surface area contributed by atoms with Crippen LogP contribution in [0.25, 0.3) is 6.08 Å². The monoisotopic (exact) mass is 334 g/mol. The van der Waals surface area contributed by atoms with E-state index in [0.29, 0.717) is 21.2 Å². The second-order valence-electron chi connectivity index (χ2n) is 4.44. The Balaban J connectivity index is 2.16. The summed E-state index contributed by atoms with van der Waals surface area (Å²) < 4.78 is 4.62. The van der Waals surface area contributed by atoms with Crippen molar-refractivity contribution < 1.29 is 14.3 Å². The molecule has 0 saturated carbocycles. The van der Waals surface area contributed by atoms with Crippen molar-refractivity contribution in [2.75, 3.05) is 7.11 Å². The zero-order valence-corrected chi connectivity index (χ0v) is 13.2. The molecule has 5 heteroatoms. The average molecular weight is 335 g/mol. The number of carbonyl (C=O) groups is 2. The zero-order valence-electron chi connectivity index (χ0n) is 11.7. The molecule has 2 rings (SSSR count). The third-order valence-electron chi connectivity index (χ3n) is 2.95. The number of hydrogen-bond donors (Lipinski definition) is 0. The average Bonchev–Trinajstić information content (AvgIpc) is 2.54. The first-order valence-corrected chi connectivity index (χ1v) is 7.12.